The molecule has 3 aliphatic carbocycles. The second kappa shape index (κ2) is 6.28. The Balaban J connectivity index is 1.56. The third-order valence-corrected chi connectivity index (χ3v) is 7.77. The second-order valence-corrected chi connectivity index (χ2v) is 8.80. The van der Waals surface area contributed by atoms with Crippen molar-refractivity contribution in [1.82, 2.24) is 0 Å². The van der Waals surface area contributed by atoms with Crippen molar-refractivity contribution in [2.24, 2.45) is 17.3 Å². The Morgan fingerprint density at radius 2 is 2.00 bits per heavy atom. The van der Waals surface area contributed by atoms with Gasteiger partial charge in [0.25, 0.3) is 0 Å². The maximum atomic E-state index is 10.9. The highest BCUT2D eigenvalue weighted by Crippen LogP contribution is 2.64. The predicted molar refractivity (Wildman–Crippen MR) is 98.8 cm³/mol. The minimum Gasteiger partial charge on any atom is -0.468 e. The van der Waals surface area contributed by atoms with Crippen LogP contribution in [-0.4, -0.2) is 24.1 Å². The topological polar surface area (TPSA) is 38.7 Å². The lowest BCUT2D eigenvalue weighted by Gasteiger charge is -2.52. The number of aliphatic hydroxyl groups is 1. The van der Waals surface area contributed by atoms with Crippen LogP contribution < -0.4 is 4.74 Å². The summed E-state index contributed by atoms with van der Waals surface area (Å²) in [7, 11) is 0. The SMILES string of the molecule is CCOCOc1ccc2c(c1)CC[C@@H]1[C@@H]2CC[C@@]2(C)[C@H]1CC[C@]2(C)O. The summed E-state index contributed by atoms with van der Waals surface area (Å²) >= 11 is 0. The van der Waals surface area contributed by atoms with Crippen LogP contribution in [0.1, 0.15) is 69.9 Å². The summed E-state index contributed by atoms with van der Waals surface area (Å²) in [6.07, 6.45) is 6.90. The van der Waals surface area contributed by atoms with Crippen molar-refractivity contribution in [1.29, 1.82) is 0 Å². The Hall–Kier alpha value is -1.06. The fourth-order valence-corrected chi connectivity index (χ4v) is 6.09. The smallest absolute Gasteiger partial charge is 0.189 e. The Morgan fingerprint density at radius 3 is 2.80 bits per heavy atom. The number of rotatable bonds is 4. The van der Waals surface area contributed by atoms with Crippen molar-refractivity contribution in [2.75, 3.05) is 13.4 Å². The molecule has 1 N–H and O–H groups in total. The van der Waals surface area contributed by atoms with Gasteiger partial charge in [-0.15, -0.1) is 0 Å². The van der Waals surface area contributed by atoms with Crippen molar-refractivity contribution in [3.05, 3.63) is 29.3 Å². The molecule has 3 nitrogen and oxygen atoms in total. The normalized spacial score (nSPS) is 39.4. The van der Waals surface area contributed by atoms with Gasteiger partial charge in [0.1, 0.15) is 5.75 Å². The van der Waals surface area contributed by atoms with Gasteiger partial charge in [-0.05, 0) is 98.8 Å². The molecule has 0 unspecified atom stereocenters. The van der Waals surface area contributed by atoms with Gasteiger partial charge in [-0.25, -0.2) is 0 Å². The van der Waals surface area contributed by atoms with E-state index in [9.17, 15) is 5.11 Å². The van der Waals surface area contributed by atoms with E-state index in [1.165, 1.54) is 30.4 Å². The highest BCUT2D eigenvalue weighted by molar-refractivity contribution is 5.40. The first-order chi connectivity index (χ1) is 12.0. The molecular formula is C22H32O3. The van der Waals surface area contributed by atoms with Gasteiger partial charge < -0.3 is 14.6 Å². The average molecular weight is 344 g/mol. The Labute approximate surface area is 151 Å². The third-order valence-electron chi connectivity index (χ3n) is 7.77. The molecule has 0 radical (unpaired) electrons. The largest absolute Gasteiger partial charge is 0.468 e. The van der Waals surface area contributed by atoms with Gasteiger partial charge in [-0.3, -0.25) is 0 Å². The van der Waals surface area contributed by atoms with Crippen LogP contribution in [0.3, 0.4) is 0 Å². The van der Waals surface area contributed by atoms with Crippen LogP contribution in [0.15, 0.2) is 18.2 Å². The summed E-state index contributed by atoms with van der Waals surface area (Å²) in [4.78, 5) is 0. The number of hydrogen-bond acceptors (Lipinski definition) is 3. The number of ether oxygens (including phenoxy) is 2. The first kappa shape index (κ1) is 17.4. The van der Waals surface area contributed by atoms with E-state index in [2.05, 4.69) is 32.0 Å². The van der Waals surface area contributed by atoms with Gasteiger partial charge in [0.05, 0.1) is 5.60 Å². The minimum absolute atomic E-state index is 0.103. The molecule has 0 heterocycles. The second-order valence-electron chi connectivity index (χ2n) is 8.80. The zero-order valence-electron chi connectivity index (χ0n) is 15.9. The number of benzene rings is 1. The number of fused-ring (bicyclic) bond motifs is 5. The van der Waals surface area contributed by atoms with Gasteiger partial charge in [0.2, 0.25) is 0 Å². The van der Waals surface area contributed by atoms with Crippen molar-refractivity contribution in [3.8, 4) is 5.75 Å². The van der Waals surface area contributed by atoms with Crippen molar-refractivity contribution in [3.63, 3.8) is 0 Å². The maximum Gasteiger partial charge on any atom is 0.189 e. The van der Waals surface area contributed by atoms with Crippen LogP contribution in [0.5, 0.6) is 5.75 Å². The van der Waals surface area contributed by atoms with Crippen LogP contribution in [0, 0.1) is 17.3 Å². The molecular weight excluding hydrogens is 312 g/mol. The minimum atomic E-state index is -0.486. The lowest BCUT2D eigenvalue weighted by molar-refractivity contribution is -0.0901. The van der Waals surface area contributed by atoms with E-state index in [4.69, 9.17) is 9.47 Å². The molecule has 0 aliphatic heterocycles. The van der Waals surface area contributed by atoms with E-state index in [0.29, 0.717) is 25.2 Å². The summed E-state index contributed by atoms with van der Waals surface area (Å²) in [5, 5.41) is 10.9. The molecule has 1 aromatic carbocycles. The first-order valence-electron chi connectivity index (χ1n) is 10.0. The molecule has 1 aromatic rings. The molecule has 5 atom stereocenters. The van der Waals surface area contributed by atoms with Crippen molar-refractivity contribution in [2.45, 2.75) is 70.8 Å². The highest BCUT2D eigenvalue weighted by Gasteiger charge is 2.59. The highest BCUT2D eigenvalue weighted by atomic mass is 16.7. The molecule has 3 heteroatoms. The zero-order chi connectivity index (χ0) is 17.7. The molecule has 25 heavy (non-hydrogen) atoms. The molecule has 2 saturated carbocycles. The molecule has 0 amide bonds. The Bertz CT molecular complexity index is 638. The monoisotopic (exact) mass is 344 g/mol. The maximum absolute atomic E-state index is 10.9. The van der Waals surface area contributed by atoms with Gasteiger partial charge in [-0.1, -0.05) is 13.0 Å². The fourth-order valence-electron chi connectivity index (χ4n) is 6.09. The number of hydrogen-bond donors (Lipinski definition) is 1. The third kappa shape index (κ3) is 2.71. The van der Waals surface area contributed by atoms with Crippen LogP contribution >= 0.6 is 0 Å². The van der Waals surface area contributed by atoms with Gasteiger partial charge in [-0.2, -0.15) is 0 Å². The predicted octanol–water partition coefficient (Wildman–Crippen LogP) is 4.67. The molecule has 0 bridgehead atoms. The molecule has 3 aliphatic rings. The zero-order valence-corrected chi connectivity index (χ0v) is 15.9. The first-order valence-corrected chi connectivity index (χ1v) is 10.0. The van der Waals surface area contributed by atoms with Gasteiger partial charge in [0, 0.05) is 6.61 Å². The summed E-state index contributed by atoms with van der Waals surface area (Å²) in [6, 6.07) is 6.63. The van der Waals surface area contributed by atoms with Crippen LogP contribution in [-0.2, 0) is 11.2 Å². The molecule has 0 aromatic heterocycles. The van der Waals surface area contributed by atoms with E-state index >= 15 is 0 Å². The van der Waals surface area contributed by atoms with Crippen LogP contribution in [0.4, 0.5) is 0 Å². The van der Waals surface area contributed by atoms with E-state index in [0.717, 1.165) is 30.9 Å². The standard InChI is InChI=1S/C22H32O3/c1-4-24-14-25-16-6-8-17-15(13-16)5-7-19-18(17)9-11-21(2)20(19)10-12-22(21,3)23/h6,8,13,18-20,23H,4-5,7,9-12,14H2,1-3H3/t18-,19-,20+,21+,22+/m1/s1. The van der Waals surface area contributed by atoms with E-state index in [1.807, 2.05) is 6.92 Å². The lowest BCUT2D eigenvalue weighted by atomic mass is 9.53. The Kier molecular flexibility index (Phi) is 4.36. The summed E-state index contributed by atoms with van der Waals surface area (Å²) in [5.41, 5.74) is 2.61. The molecule has 4 rings (SSSR count). The molecule has 0 spiro atoms. The summed E-state index contributed by atoms with van der Waals surface area (Å²) < 4.78 is 11.0. The molecule has 138 valence electrons. The van der Waals surface area contributed by atoms with E-state index in [-0.39, 0.29) is 5.41 Å². The molecule has 2 fully saturated rings. The van der Waals surface area contributed by atoms with E-state index in [1.54, 1.807) is 0 Å². The van der Waals surface area contributed by atoms with Gasteiger partial charge in [0.15, 0.2) is 6.79 Å². The molecule has 0 saturated heterocycles. The fraction of sp³-hybridized carbons (Fsp3) is 0.727. The quantitative estimate of drug-likeness (QED) is 0.637. The summed E-state index contributed by atoms with van der Waals surface area (Å²) in [6.45, 7) is 7.41. The number of aryl methyl sites for hydroxylation is 1. The van der Waals surface area contributed by atoms with Crippen molar-refractivity contribution >= 4 is 0 Å². The lowest BCUT2D eigenvalue weighted by Crippen LogP contribution is -2.49. The van der Waals surface area contributed by atoms with Gasteiger partial charge >= 0.3 is 0 Å². The van der Waals surface area contributed by atoms with Crippen molar-refractivity contribution < 1.29 is 14.6 Å². The average Bonchev–Trinajstić information content (AvgIpc) is 2.84. The van der Waals surface area contributed by atoms with Crippen LogP contribution in [0.2, 0.25) is 0 Å². The Morgan fingerprint density at radius 1 is 1.16 bits per heavy atom. The summed E-state index contributed by atoms with van der Waals surface area (Å²) in [5.74, 6) is 2.99. The van der Waals surface area contributed by atoms with E-state index < -0.39 is 5.60 Å². The van der Waals surface area contributed by atoms with Crippen LogP contribution in [0.25, 0.3) is 0 Å².